The molecule has 0 radical (unpaired) electrons. The van der Waals surface area contributed by atoms with Crippen LogP contribution in [0.1, 0.15) is 38.1 Å². The third-order valence-corrected chi connectivity index (χ3v) is 2.39. The van der Waals surface area contributed by atoms with Gasteiger partial charge in [-0.25, -0.2) is 9.59 Å². The molecule has 0 saturated carbocycles. The highest BCUT2D eigenvalue weighted by molar-refractivity contribution is 5.88. The maximum atomic E-state index is 11.1. The van der Waals surface area contributed by atoms with Crippen LogP contribution in [0, 0.1) is 0 Å². The van der Waals surface area contributed by atoms with E-state index in [1.54, 1.807) is 13.8 Å². The molecule has 0 spiro atoms. The Morgan fingerprint density at radius 1 is 1.10 bits per heavy atom. The Labute approximate surface area is 116 Å². The lowest BCUT2D eigenvalue weighted by Gasteiger charge is -2.22. The van der Waals surface area contributed by atoms with Crippen LogP contribution in [0.4, 0.5) is 0 Å². The van der Waals surface area contributed by atoms with Crippen LogP contribution in [0.5, 0.6) is 11.5 Å². The van der Waals surface area contributed by atoms with E-state index >= 15 is 0 Å². The van der Waals surface area contributed by atoms with Gasteiger partial charge in [-0.05, 0) is 39.8 Å². The number of benzene rings is 1. The van der Waals surface area contributed by atoms with Gasteiger partial charge in [0.25, 0.3) is 0 Å². The zero-order valence-corrected chi connectivity index (χ0v) is 11.8. The van der Waals surface area contributed by atoms with Crippen molar-refractivity contribution in [1.29, 1.82) is 0 Å². The molecule has 0 unspecified atom stereocenters. The Kier molecular flexibility index (Phi) is 4.60. The van der Waals surface area contributed by atoms with Crippen molar-refractivity contribution in [2.45, 2.75) is 39.4 Å². The molecule has 6 nitrogen and oxygen atoms in total. The van der Waals surface area contributed by atoms with Crippen LogP contribution in [0.15, 0.2) is 18.2 Å². The summed E-state index contributed by atoms with van der Waals surface area (Å²) >= 11 is 0. The van der Waals surface area contributed by atoms with Gasteiger partial charge in [-0.3, -0.25) is 0 Å². The van der Waals surface area contributed by atoms with E-state index in [-0.39, 0.29) is 17.4 Å². The second kappa shape index (κ2) is 5.81. The molecule has 0 aliphatic carbocycles. The molecule has 0 bridgehead atoms. The normalized spacial score (nSPS) is 11.2. The molecule has 1 aromatic rings. The van der Waals surface area contributed by atoms with Crippen LogP contribution in [-0.4, -0.2) is 33.9 Å². The SMILES string of the molecule is CC(C)Oc1cc(OC(C)(C)C(=O)O)cc(C(=O)O)c1. The summed E-state index contributed by atoms with van der Waals surface area (Å²) in [7, 11) is 0. The largest absolute Gasteiger partial charge is 0.491 e. The van der Waals surface area contributed by atoms with E-state index in [4.69, 9.17) is 19.7 Å². The lowest BCUT2D eigenvalue weighted by atomic mass is 10.1. The van der Waals surface area contributed by atoms with Crippen LogP contribution >= 0.6 is 0 Å². The minimum absolute atomic E-state index is 0.0284. The molecule has 0 saturated heterocycles. The topological polar surface area (TPSA) is 93.1 Å². The number of hydrogen-bond donors (Lipinski definition) is 2. The summed E-state index contributed by atoms with van der Waals surface area (Å²) in [5.74, 6) is -1.84. The van der Waals surface area contributed by atoms with Crippen molar-refractivity contribution in [3.63, 3.8) is 0 Å². The van der Waals surface area contributed by atoms with Gasteiger partial charge >= 0.3 is 11.9 Å². The molecule has 1 aromatic carbocycles. The minimum atomic E-state index is -1.47. The molecule has 0 fully saturated rings. The molecule has 0 aliphatic heterocycles. The summed E-state index contributed by atoms with van der Waals surface area (Å²) in [6.07, 6.45) is -0.139. The maximum Gasteiger partial charge on any atom is 0.347 e. The van der Waals surface area contributed by atoms with Gasteiger partial charge in [0.15, 0.2) is 5.60 Å². The Balaban J connectivity index is 3.15. The standard InChI is InChI=1S/C14H18O6/c1-8(2)19-10-5-9(12(15)16)6-11(7-10)20-14(3,4)13(17)18/h5-8H,1-4H3,(H,15,16)(H,17,18). The summed E-state index contributed by atoms with van der Waals surface area (Å²) in [4.78, 5) is 22.1. The molecule has 1 rings (SSSR count). The molecular weight excluding hydrogens is 264 g/mol. The molecular formula is C14H18O6. The minimum Gasteiger partial charge on any atom is -0.491 e. The molecule has 2 N–H and O–H groups in total. The second-order valence-corrected chi connectivity index (χ2v) is 5.08. The fourth-order valence-electron chi connectivity index (χ4n) is 1.43. The number of ether oxygens (including phenoxy) is 2. The van der Waals surface area contributed by atoms with E-state index in [0.717, 1.165) is 0 Å². The Morgan fingerprint density at radius 2 is 1.65 bits per heavy atom. The smallest absolute Gasteiger partial charge is 0.347 e. The lowest BCUT2D eigenvalue weighted by Crippen LogP contribution is -2.37. The quantitative estimate of drug-likeness (QED) is 0.832. The zero-order valence-electron chi connectivity index (χ0n) is 11.8. The van der Waals surface area contributed by atoms with Crippen LogP contribution in [0.25, 0.3) is 0 Å². The maximum absolute atomic E-state index is 11.1. The van der Waals surface area contributed by atoms with E-state index in [1.165, 1.54) is 32.0 Å². The summed E-state index contributed by atoms with van der Waals surface area (Å²) in [6.45, 7) is 6.36. The van der Waals surface area contributed by atoms with E-state index in [0.29, 0.717) is 5.75 Å². The molecule has 0 aromatic heterocycles. The van der Waals surface area contributed by atoms with E-state index in [1.807, 2.05) is 0 Å². The highest BCUT2D eigenvalue weighted by Gasteiger charge is 2.30. The van der Waals surface area contributed by atoms with Crippen LogP contribution in [-0.2, 0) is 4.79 Å². The summed E-state index contributed by atoms with van der Waals surface area (Å²) in [5.41, 5.74) is -1.49. The van der Waals surface area contributed by atoms with Crippen molar-refractivity contribution >= 4 is 11.9 Å². The predicted molar refractivity (Wildman–Crippen MR) is 71.5 cm³/mol. The van der Waals surface area contributed by atoms with Gasteiger partial charge in [0.2, 0.25) is 0 Å². The number of carboxylic acids is 2. The van der Waals surface area contributed by atoms with Crippen LogP contribution < -0.4 is 9.47 Å². The Bertz CT molecular complexity index is 518. The van der Waals surface area contributed by atoms with Gasteiger partial charge in [0.05, 0.1) is 11.7 Å². The van der Waals surface area contributed by atoms with Crippen molar-refractivity contribution in [1.82, 2.24) is 0 Å². The number of aromatic carboxylic acids is 1. The molecule has 6 heteroatoms. The van der Waals surface area contributed by atoms with Crippen molar-refractivity contribution in [2.24, 2.45) is 0 Å². The zero-order chi connectivity index (χ0) is 15.5. The molecule has 0 aliphatic rings. The first-order valence-corrected chi connectivity index (χ1v) is 6.09. The first-order valence-electron chi connectivity index (χ1n) is 6.09. The van der Waals surface area contributed by atoms with E-state index in [2.05, 4.69) is 0 Å². The Hall–Kier alpha value is -2.24. The highest BCUT2D eigenvalue weighted by Crippen LogP contribution is 2.27. The third-order valence-electron chi connectivity index (χ3n) is 2.39. The molecule has 110 valence electrons. The Morgan fingerprint density at radius 3 is 2.10 bits per heavy atom. The summed E-state index contributed by atoms with van der Waals surface area (Å²) in [5, 5.41) is 18.1. The average Bonchev–Trinajstić information content (AvgIpc) is 2.26. The van der Waals surface area contributed by atoms with Crippen LogP contribution in [0.3, 0.4) is 0 Å². The van der Waals surface area contributed by atoms with Crippen molar-refractivity contribution in [2.75, 3.05) is 0 Å². The van der Waals surface area contributed by atoms with E-state index in [9.17, 15) is 9.59 Å². The average molecular weight is 282 g/mol. The lowest BCUT2D eigenvalue weighted by molar-refractivity contribution is -0.152. The van der Waals surface area contributed by atoms with Crippen LogP contribution in [0.2, 0.25) is 0 Å². The first kappa shape index (κ1) is 15.8. The number of aliphatic carboxylic acids is 1. The van der Waals surface area contributed by atoms with Gasteiger partial charge in [0, 0.05) is 6.07 Å². The van der Waals surface area contributed by atoms with Gasteiger partial charge < -0.3 is 19.7 Å². The van der Waals surface area contributed by atoms with E-state index < -0.39 is 17.5 Å². The fraction of sp³-hybridized carbons (Fsp3) is 0.429. The van der Waals surface area contributed by atoms with Gasteiger partial charge in [-0.1, -0.05) is 0 Å². The third kappa shape index (κ3) is 4.15. The van der Waals surface area contributed by atoms with Crippen molar-refractivity contribution in [3.8, 4) is 11.5 Å². The predicted octanol–water partition coefficient (Wildman–Crippen LogP) is 2.41. The first-order chi connectivity index (χ1) is 9.11. The number of carbonyl (C=O) groups is 2. The monoisotopic (exact) mass is 282 g/mol. The van der Waals surface area contributed by atoms with Gasteiger partial charge in [0.1, 0.15) is 11.5 Å². The fourth-order valence-corrected chi connectivity index (χ4v) is 1.43. The second-order valence-electron chi connectivity index (χ2n) is 5.08. The number of rotatable bonds is 6. The molecule has 0 amide bonds. The number of carboxylic acid groups (broad SMARTS) is 2. The molecule has 20 heavy (non-hydrogen) atoms. The van der Waals surface area contributed by atoms with Crippen molar-refractivity contribution in [3.05, 3.63) is 23.8 Å². The molecule has 0 heterocycles. The summed E-state index contributed by atoms with van der Waals surface area (Å²) < 4.78 is 10.8. The number of hydrogen-bond acceptors (Lipinski definition) is 4. The molecule has 0 atom stereocenters. The van der Waals surface area contributed by atoms with Gasteiger partial charge in [-0.2, -0.15) is 0 Å². The summed E-state index contributed by atoms with van der Waals surface area (Å²) in [6, 6.07) is 4.10. The van der Waals surface area contributed by atoms with Gasteiger partial charge in [-0.15, -0.1) is 0 Å². The van der Waals surface area contributed by atoms with Crippen molar-refractivity contribution < 1.29 is 29.3 Å². The highest BCUT2D eigenvalue weighted by atomic mass is 16.5.